The lowest BCUT2D eigenvalue weighted by Gasteiger charge is -1.98. The lowest BCUT2D eigenvalue weighted by atomic mass is 10.1. The van der Waals surface area contributed by atoms with Crippen LogP contribution in [0.4, 0.5) is 0 Å². The molecule has 0 unspecified atom stereocenters. The highest BCUT2D eigenvalue weighted by Crippen LogP contribution is 2.12. The Bertz CT molecular complexity index is 462. The highest BCUT2D eigenvalue weighted by atomic mass is 16.1. The summed E-state index contributed by atoms with van der Waals surface area (Å²) in [5.41, 5.74) is 1.45. The molecule has 0 aliphatic rings. The number of rotatable bonds is 1. The number of Topliss-reactive ketones (excluding diaryl/α,β-unsaturated/α-hetero) is 1. The van der Waals surface area contributed by atoms with E-state index in [1.807, 2.05) is 24.3 Å². The maximum Gasteiger partial charge on any atom is 0.164 e. The fourth-order valence-electron chi connectivity index (χ4n) is 1.22. The van der Waals surface area contributed by atoms with Crippen LogP contribution in [0.5, 0.6) is 0 Å². The molecule has 1 radical (unpaired) electrons. The zero-order chi connectivity index (χ0) is 9.26. The number of ketones is 1. The number of pyridine rings is 1. The van der Waals surface area contributed by atoms with Gasteiger partial charge >= 0.3 is 0 Å². The predicted octanol–water partition coefficient (Wildman–Crippen LogP) is 2.25. The third-order valence-electron chi connectivity index (χ3n) is 1.91. The van der Waals surface area contributed by atoms with Crippen molar-refractivity contribution in [2.24, 2.45) is 0 Å². The van der Waals surface area contributed by atoms with E-state index in [2.05, 4.69) is 11.9 Å². The number of hydrogen-bond donors (Lipinski definition) is 0. The molecular formula is C11H8NO. The Morgan fingerprint density at radius 1 is 1.31 bits per heavy atom. The second kappa shape index (κ2) is 2.98. The number of para-hydroxylation sites is 1. The van der Waals surface area contributed by atoms with Crippen LogP contribution in [-0.2, 0) is 0 Å². The van der Waals surface area contributed by atoms with Crippen LogP contribution < -0.4 is 0 Å². The Balaban J connectivity index is 2.69. The van der Waals surface area contributed by atoms with Crippen molar-refractivity contribution in [1.29, 1.82) is 0 Å². The lowest BCUT2D eigenvalue weighted by Crippen LogP contribution is -1.93. The van der Waals surface area contributed by atoms with Gasteiger partial charge in [0.25, 0.3) is 0 Å². The molecule has 0 fully saturated rings. The first-order valence-corrected chi connectivity index (χ1v) is 3.98. The molecule has 2 nitrogen and oxygen atoms in total. The van der Waals surface area contributed by atoms with Crippen LogP contribution in [0.1, 0.15) is 10.4 Å². The molecule has 0 atom stereocenters. The second-order valence-corrected chi connectivity index (χ2v) is 2.84. The number of nitrogens with zero attached hydrogens (tertiary/aromatic N) is 1. The minimum absolute atomic E-state index is 0.196. The van der Waals surface area contributed by atoms with Crippen LogP contribution in [0.25, 0.3) is 10.9 Å². The lowest BCUT2D eigenvalue weighted by molar-refractivity contribution is 0.104. The molecule has 0 aliphatic heterocycles. The van der Waals surface area contributed by atoms with Gasteiger partial charge in [-0.25, -0.2) is 0 Å². The van der Waals surface area contributed by atoms with Crippen molar-refractivity contribution in [2.75, 3.05) is 0 Å². The van der Waals surface area contributed by atoms with E-state index in [4.69, 9.17) is 0 Å². The van der Waals surface area contributed by atoms with E-state index in [1.54, 1.807) is 12.3 Å². The Hall–Kier alpha value is -1.70. The highest BCUT2D eigenvalue weighted by Gasteiger charge is 2.00. The first kappa shape index (κ1) is 7.92. The van der Waals surface area contributed by atoms with Crippen molar-refractivity contribution in [3.05, 3.63) is 49.0 Å². The quantitative estimate of drug-likeness (QED) is 0.614. The predicted molar refractivity (Wildman–Crippen MR) is 51.4 cm³/mol. The number of hydrogen-bond acceptors (Lipinski definition) is 2. The molecule has 0 amide bonds. The first-order chi connectivity index (χ1) is 6.27. The van der Waals surface area contributed by atoms with E-state index < -0.39 is 0 Å². The molecule has 0 aliphatic carbocycles. The summed E-state index contributed by atoms with van der Waals surface area (Å²) in [4.78, 5) is 15.1. The molecule has 0 bridgehead atoms. The fraction of sp³-hybridized carbons (Fsp3) is 0. The van der Waals surface area contributed by atoms with Gasteiger partial charge in [0.05, 0.1) is 5.52 Å². The summed E-state index contributed by atoms with van der Waals surface area (Å²) in [6.45, 7) is 3.34. The molecule has 2 rings (SSSR count). The number of aromatic nitrogens is 1. The van der Waals surface area contributed by atoms with Gasteiger partial charge in [-0.15, -0.1) is 0 Å². The van der Waals surface area contributed by atoms with Crippen LogP contribution in [0, 0.1) is 6.92 Å². The van der Waals surface area contributed by atoms with Crippen molar-refractivity contribution < 1.29 is 4.79 Å². The molecule has 1 aromatic heterocycles. The molecule has 0 saturated heterocycles. The number of carbonyl (C=O) groups is 1. The Kier molecular flexibility index (Phi) is 1.81. The molecule has 0 saturated carbocycles. The summed E-state index contributed by atoms with van der Waals surface area (Å²) in [7, 11) is 0. The topological polar surface area (TPSA) is 30.0 Å². The number of benzene rings is 1. The van der Waals surface area contributed by atoms with Gasteiger partial charge in [-0.1, -0.05) is 18.2 Å². The molecule has 63 valence electrons. The SMILES string of the molecule is [CH2]C(=O)c1cnc2ccccc2c1. The van der Waals surface area contributed by atoms with E-state index in [-0.39, 0.29) is 5.78 Å². The maximum atomic E-state index is 10.9. The van der Waals surface area contributed by atoms with Crippen molar-refractivity contribution in [3.63, 3.8) is 0 Å². The van der Waals surface area contributed by atoms with Crippen LogP contribution in [0.15, 0.2) is 36.5 Å². The summed E-state index contributed by atoms with van der Waals surface area (Å²) in [6, 6.07) is 9.47. The molecule has 2 aromatic rings. The van der Waals surface area contributed by atoms with Gasteiger partial charge in [0, 0.05) is 24.1 Å². The van der Waals surface area contributed by atoms with Crippen LogP contribution in [0.2, 0.25) is 0 Å². The first-order valence-electron chi connectivity index (χ1n) is 3.98. The monoisotopic (exact) mass is 170 g/mol. The van der Waals surface area contributed by atoms with Gasteiger partial charge in [0.15, 0.2) is 5.78 Å². The van der Waals surface area contributed by atoms with Gasteiger partial charge in [-0.2, -0.15) is 0 Å². The number of carbonyl (C=O) groups excluding carboxylic acids is 1. The second-order valence-electron chi connectivity index (χ2n) is 2.84. The van der Waals surface area contributed by atoms with Crippen LogP contribution >= 0.6 is 0 Å². The summed E-state index contributed by atoms with van der Waals surface area (Å²) in [5, 5.41) is 0.969. The minimum atomic E-state index is -0.196. The molecule has 0 spiro atoms. The standard InChI is InChI=1S/C11H8NO/c1-8(13)10-6-9-4-2-3-5-11(9)12-7-10/h2-7H,1H2. The van der Waals surface area contributed by atoms with E-state index in [0.717, 1.165) is 10.9 Å². The minimum Gasteiger partial charge on any atom is -0.294 e. The molecule has 0 N–H and O–H groups in total. The van der Waals surface area contributed by atoms with Gasteiger partial charge < -0.3 is 0 Å². The molecule has 1 aromatic carbocycles. The zero-order valence-corrected chi connectivity index (χ0v) is 7.03. The molecular weight excluding hydrogens is 162 g/mol. The average molecular weight is 170 g/mol. The summed E-state index contributed by atoms with van der Waals surface area (Å²) >= 11 is 0. The smallest absolute Gasteiger partial charge is 0.164 e. The van der Waals surface area contributed by atoms with Gasteiger partial charge in [0.1, 0.15) is 0 Å². The zero-order valence-electron chi connectivity index (χ0n) is 7.03. The summed E-state index contributed by atoms with van der Waals surface area (Å²) in [6.07, 6.45) is 1.55. The average Bonchev–Trinajstić information content (AvgIpc) is 2.17. The van der Waals surface area contributed by atoms with Crippen molar-refractivity contribution in [2.45, 2.75) is 0 Å². The van der Waals surface area contributed by atoms with Gasteiger partial charge in [0.2, 0.25) is 0 Å². The number of fused-ring (bicyclic) bond motifs is 1. The molecule has 1 heterocycles. The van der Waals surface area contributed by atoms with Gasteiger partial charge in [-0.05, 0) is 12.1 Å². The van der Waals surface area contributed by atoms with Crippen LogP contribution in [0.3, 0.4) is 0 Å². The molecule has 2 heteroatoms. The molecule has 13 heavy (non-hydrogen) atoms. The third-order valence-corrected chi connectivity index (χ3v) is 1.91. The Morgan fingerprint density at radius 2 is 2.08 bits per heavy atom. The van der Waals surface area contributed by atoms with Crippen molar-refractivity contribution in [3.8, 4) is 0 Å². The Morgan fingerprint density at radius 3 is 2.85 bits per heavy atom. The van der Waals surface area contributed by atoms with E-state index in [0.29, 0.717) is 5.56 Å². The van der Waals surface area contributed by atoms with E-state index in [1.165, 1.54) is 0 Å². The van der Waals surface area contributed by atoms with Crippen molar-refractivity contribution in [1.82, 2.24) is 4.98 Å². The van der Waals surface area contributed by atoms with Crippen LogP contribution in [-0.4, -0.2) is 10.8 Å². The summed E-state index contributed by atoms with van der Waals surface area (Å²) < 4.78 is 0. The summed E-state index contributed by atoms with van der Waals surface area (Å²) in [5.74, 6) is -0.196. The van der Waals surface area contributed by atoms with Gasteiger partial charge in [-0.3, -0.25) is 9.78 Å². The Labute approximate surface area is 76.2 Å². The highest BCUT2D eigenvalue weighted by molar-refractivity contribution is 6.01. The largest absolute Gasteiger partial charge is 0.294 e. The van der Waals surface area contributed by atoms with E-state index >= 15 is 0 Å². The third kappa shape index (κ3) is 1.43. The maximum absolute atomic E-state index is 10.9. The fourth-order valence-corrected chi connectivity index (χ4v) is 1.22. The normalized spacial score (nSPS) is 10.2. The van der Waals surface area contributed by atoms with Crippen molar-refractivity contribution >= 4 is 16.7 Å². The van der Waals surface area contributed by atoms with E-state index in [9.17, 15) is 4.79 Å².